The SMILES string of the molecule is N=C(Nc1c([N+](=O)[O-])cc(C(F)(F)C(F)(F)C(F)(F)F)cc1[N+](=O)[O-])C(F)(F)F. The quantitative estimate of drug-likeness (QED) is 0.222. The fourth-order valence-corrected chi connectivity index (χ4v) is 1.76. The van der Waals surface area contributed by atoms with Crippen LogP contribution in [0.25, 0.3) is 0 Å². The zero-order chi connectivity index (χ0) is 23.2. The number of anilines is 1. The van der Waals surface area contributed by atoms with Gasteiger partial charge in [-0.3, -0.25) is 25.6 Å². The minimum Gasteiger partial charge on any atom is -0.325 e. The Labute approximate surface area is 150 Å². The summed E-state index contributed by atoms with van der Waals surface area (Å²) in [4.78, 5) is 18.1. The third kappa shape index (κ3) is 4.29. The number of nitrogens with one attached hydrogen (secondary N) is 2. The molecule has 0 aromatic heterocycles. The van der Waals surface area contributed by atoms with Crippen LogP contribution in [0, 0.1) is 25.6 Å². The van der Waals surface area contributed by atoms with Gasteiger partial charge in [0.15, 0.2) is 5.69 Å². The van der Waals surface area contributed by atoms with Crippen LogP contribution in [0.2, 0.25) is 0 Å². The maximum Gasteiger partial charge on any atom is 0.460 e. The normalized spacial score (nSPS) is 13.2. The van der Waals surface area contributed by atoms with E-state index in [0.29, 0.717) is 0 Å². The number of benzene rings is 1. The Morgan fingerprint density at radius 2 is 1.24 bits per heavy atom. The lowest BCUT2D eigenvalue weighted by Crippen LogP contribution is -2.50. The van der Waals surface area contributed by atoms with Crippen molar-refractivity contribution >= 4 is 22.9 Å². The summed E-state index contributed by atoms with van der Waals surface area (Å²) in [5.74, 6) is -15.7. The molecule has 0 bridgehead atoms. The topological polar surface area (TPSA) is 122 Å². The van der Waals surface area contributed by atoms with Gasteiger partial charge in [-0.15, -0.1) is 0 Å². The van der Waals surface area contributed by atoms with E-state index < -0.39 is 74.6 Å². The number of hydrogen-bond acceptors (Lipinski definition) is 5. The van der Waals surface area contributed by atoms with E-state index in [1.54, 1.807) is 0 Å². The van der Waals surface area contributed by atoms with Crippen LogP contribution in [0.15, 0.2) is 12.1 Å². The molecule has 0 aliphatic rings. The van der Waals surface area contributed by atoms with Crippen molar-refractivity contribution in [3.63, 3.8) is 0 Å². The first kappa shape index (κ1) is 23.8. The highest BCUT2D eigenvalue weighted by molar-refractivity contribution is 6.01. The van der Waals surface area contributed by atoms with Gasteiger partial charge >= 0.3 is 24.2 Å². The molecule has 8 nitrogen and oxygen atoms in total. The molecule has 0 spiro atoms. The summed E-state index contributed by atoms with van der Waals surface area (Å²) in [6.45, 7) is 0. The first-order chi connectivity index (χ1) is 12.7. The monoisotopic (exact) mass is 446 g/mol. The number of alkyl halides is 10. The van der Waals surface area contributed by atoms with Gasteiger partial charge in [-0.1, -0.05) is 0 Å². The molecule has 0 amide bonds. The van der Waals surface area contributed by atoms with Crippen LogP contribution in [0.1, 0.15) is 5.56 Å². The molecular weight excluding hydrogens is 442 g/mol. The Kier molecular flexibility index (Phi) is 5.75. The summed E-state index contributed by atoms with van der Waals surface area (Å²) >= 11 is 0. The van der Waals surface area contributed by atoms with Crippen molar-refractivity contribution < 1.29 is 53.8 Å². The summed E-state index contributed by atoms with van der Waals surface area (Å²) in [5, 5.41) is 29.2. The Morgan fingerprint density at radius 3 is 1.52 bits per heavy atom. The van der Waals surface area contributed by atoms with Crippen molar-refractivity contribution in [3.05, 3.63) is 37.9 Å². The van der Waals surface area contributed by atoms with E-state index in [1.807, 2.05) is 0 Å². The zero-order valence-electron chi connectivity index (χ0n) is 13.0. The van der Waals surface area contributed by atoms with Crippen molar-refractivity contribution in [3.8, 4) is 0 Å². The lowest BCUT2D eigenvalue weighted by atomic mass is 9.99. The van der Waals surface area contributed by atoms with Gasteiger partial charge in [0, 0.05) is 17.7 Å². The van der Waals surface area contributed by atoms with Gasteiger partial charge in [-0.2, -0.15) is 43.9 Å². The average Bonchev–Trinajstić information content (AvgIpc) is 2.51. The molecule has 0 heterocycles. The minimum absolute atomic E-state index is 0.696. The van der Waals surface area contributed by atoms with E-state index in [9.17, 15) is 64.1 Å². The lowest BCUT2D eigenvalue weighted by Gasteiger charge is -2.28. The van der Waals surface area contributed by atoms with Gasteiger partial charge in [0.05, 0.1) is 9.85 Å². The smallest absolute Gasteiger partial charge is 0.325 e. The van der Waals surface area contributed by atoms with E-state index >= 15 is 0 Å². The summed E-state index contributed by atoms with van der Waals surface area (Å²) in [6.07, 6.45) is -12.5. The summed E-state index contributed by atoms with van der Waals surface area (Å²) < 4.78 is 128. The van der Waals surface area contributed by atoms with Crippen LogP contribution >= 0.6 is 0 Å². The van der Waals surface area contributed by atoms with Gasteiger partial charge in [0.1, 0.15) is 0 Å². The first-order valence-corrected chi connectivity index (χ1v) is 6.47. The number of halogens is 10. The van der Waals surface area contributed by atoms with Gasteiger partial charge < -0.3 is 5.32 Å². The van der Waals surface area contributed by atoms with Gasteiger partial charge in [-0.25, -0.2) is 0 Å². The van der Waals surface area contributed by atoms with E-state index in [4.69, 9.17) is 5.41 Å². The standard InChI is InChI=1S/C11H4F10N4O4/c12-8(13,10(17,18)11(19,20)21)3-1-4(24(26)27)6(5(2-3)25(28)29)23-7(22)9(14,15)16/h1-2H,(H2,22,23). The number of nitro groups is 2. The number of rotatable bonds is 5. The van der Waals surface area contributed by atoms with Crippen molar-refractivity contribution in [2.75, 3.05) is 5.32 Å². The zero-order valence-corrected chi connectivity index (χ0v) is 13.0. The first-order valence-electron chi connectivity index (χ1n) is 6.47. The Morgan fingerprint density at radius 1 is 0.862 bits per heavy atom. The second-order valence-electron chi connectivity index (χ2n) is 5.05. The molecule has 1 aromatic rings. The van der Waals surface area contributed by atoms with Crippen molar-refractivity contribution in [1.29, 1.82) is 5.41 Å². The van der Waals surface area contributed by atoms with Crippen LogP contribution in [0.5, 0.6) is 0 Å². The van der Waals surface area contributed by atoms with E-state index in [2.05, 4.69) is 0 Å². The lowest BCUT2D eigenvalue weighted by molar-refractivity contribution is -0.393. The maximum absolute atomic E-state index is 13.7. The number of nitro benzene ring substituents is 2. The molecule has 0 fully saturated rings. The molecule has 1 rings (SSSR count). The van der Waals surface area contributed by atoms with Crippen molar-refractivity contribution in [2.45, 2.75) is 24.2 Å². The van der Waals surface area contributed by atoms with Gasteiger partial charge in [0.25, 0.3) is 11.4 Å². The fraction of sp³-hybridized carbons (Fsp3) is 0.364. The average molecular weight is 446 g/mol. The third-order valence-electron chi connectivity index (χ3n) is 3.14. The molecule has 0 aliphatic heterocycles. The van der Waals surface area contributed by atoms with E-state index in [-0.39, 0.29) is 0 Å². The molecule has 0 unspecified atom stereocenters. The van der Waals surface area contributed by atoms with Crippen molar-refractivity contribution in [2.24, 2.45) is 0 Å². The van der Waals surface area contributed by atoms with Gasteiger partial charge in [0.2, 0.25) is 5.84 Å². The molecule has 29 heavy (non-hydrogen) atoms. The largest absolute Gasteiger partial charge is 0.460 e. The molecule has 1 aromatic carbocycles. The van der Waals surface area contributed by atoms with Crippen LogP contribution in [0.3, 0.4) is 0 Å². The fourth-order valence-electron chi connectivity index (χ4n) is 1.76. The second-order valence-corrected chi connectivity index (χ2v) is 5.05. The van der Waals surface area contributed by atoms with E-state index in [0.717, 1.165) is 5.32 Å². The molecule has 0 radical (unpaired) electrons. The second kappa shape index (κ2) is 6.99. The number of amidine groups is 1. The van der Waals surface area contributed by atoms with E-state index in [1.165, 1.54) is 0 Å². The Balaban J connectivity index is 3.83. The minimum atomic E-state index is -6.89. The van der Waals surface area contributed by atoms with Crippen LogP contribution in [-0.2, 0) is 5.92 Å². The van der Waals surface area contributed by atoms with Crippen LogP contribution in [-0.4, -0.2) is 34.0 Å². The predicted octanol–water partition coefficient (Wildman–Crippen LogP) is 4.74. The molecule has 0 atom stereocenters. The predicted molar refractivity (Wildman–Crippen MR) is 72.1 cm³/mol. The molecule has 162 valence electrons. The third-order valence-corrected chi connectivity index (χ3v) is 3.14. The number of hydrogen-bond donors (Lipinski definition) is 2. The van der Waals surface area contributed by atoms with Crippen molar-refractivity contribution in [1.82, 2.24) is 0 Å². The molecule has 0 aliphatic carbocycles. The Bertz CT molecular complexity index is 829. The highest BCUT2D eigenvalue weighted by atomic mass is 19.4. The molecule has 18 heteroatoms. The number of nitrogens with zero attached hydrogens (tertiary/aromatic N) is 2. The Hall–Kier alpha value is -3.21. The highest BCUT2D eigenvalue weighted by Gasteiger charge is 2.74. The summed E-state index contributed by atoms with van der Waals surface area (Å²) in [7, 11) is 0. The van der Waals surface area contributed by atoms with Crippen LogP contribution < -0.4 is 5.32 Å². The molecular formula is C11H4F10N4O4. The van der Waals surface area contributed by atoms with Gasteiger partial charge in [-0.05, 0) is 0 Å². The van der Waals surface area contributed by atoms with Crippen LogP contribution in [0.4, 0.5) is 61.0 Å². The molecule has 0 saturated heterocycles. The summed E-state index contributed by atoms with van der Waals surface area (Å²) in [5.41, 5.74) is -8.57. The maximum atomic E-state index is 13.7. The highest BCUT2D eigenvalue weighted by Crippen LogP contribution is 2.53. The molecule has 0 saturated carbocycles. The summed E-state index contributed by atoms with van der Waals surface area (Å²) in [6, 6.07) is -1.39. The molecule has 2 N–H and O–H groups in total.